The van der Waals surface area contributed by atoms with Crippen LogP contribution in [-0.2, 0) is 0 Å². The molecule has 20 heavy (non-hydrogen) atoms. The van der Waals surface area contributed by atoms with Gasteiger partial charge in [0, 0.05) is 25.0 Å². The molecule has 0 amide bonds. The first-order chi connectivity index (χ1) is 9.63. The Balaban J connectivity index is 2.28. The molecule has 6 heteroatoms. The molecule has 0 bridgehead atoms. The summed E-state index contributed by atoms with van der Waals surface area (Å²) in [5, 5.41) is 2.70. The third-order valence-electron chi connectivity index (χ3n) is 2.57. The van der Waals surface area contributed by atoms with Crippen LogP contribution in [0.3, 0.4) is 0 Å². The number of rotatable bonds is 5. The summed E-state index contributed by atoms with van der Waals surface area (Å²) in [7, 11) is 7.09. The summed E-state index contributed by atoms with van der Waals surface area (Å²) in [5.41, 5.74) is 1.85. The van der Waals surface area contributed by atoms with Gasteiger partial charge in [-0.2, -0.15) is 0 Å². The van der Waals surface area contributed by atoms with Crippen molar-refractivity contribution in [3.63, 3.8) is 0 Å². The fourth-order valence-corrected chi connectivity index (χ4v) is 2.28. The molecule has 0 fully saturated rings. The van der Waals surface area contributed by atoms with Crippen molar-refractivity contribution in [1.82, 2.24) is 9.88 Å². The van der Waals surface area contributed by atoms with Gasteiger partial charge in [0.1, 0.15) is 0 Å². The van der Waals surface area contributed by atoms with E-state index in [4.69, 9.17) is 9.47 Å². The number of aliphatic imine (C=N–C) groups is 1. The molecular formula is C14H17N3O2S. The highest BCUT2D eigenvalue weighted by Crippen LogP contribution is 2.33. The van der Waals surface area contributed by atoms with E-state index < -0.39 is 0 Å². The maximum absolute atomic E-state index is 5.30. The zero-order valence-electron chi connectivity index (χ0n) is 12.0. The van der Waals surface area contributed by atoms with Gasteiger partial charge in [-0.05, 0) is 18.2 Å². The van der Waals surface area contributed by atoms with Crippen LogP contribution in [0.1, 0.15) is 0 Å². The standard InChI is InChI=1S/C14H17N3O2S/c1-17(2)9-15-14-16-11(8-20-14)10-5-6-12(18-3)13(7-10)19-4/h5-9H,1-4H3/b15-9+. The first kappa shape index (κ1) is 14.3. The SMILES string of the molecule is COc1ccc(-c2csc(/N=C/N(C)C)n2)cc1OC. The average molecular weight is 291 g/mol. The first-order valence-electron chi connectivity index (χ1n) is 6.02. The van der Waals surface area contributed by atoms with E-state index in [9.17, 15) is 0 Å². The summed E-state index contributed by atoms with van der Waals surface area (Å²) >= 11 is 1.50. The zero-order chi connectivity index (χ0) is 14.5. The quantitative estimate of drug-likeness (QED) is 0.627. The molecule has 106 valence electrons. The summed E-state index contributed by atoms with van der Waals surface area (Å²) in [6.45, 7) is 0. The fraction of sp³-hybridized carbons (Fsp3) is 0.286. The Labute approximate surface area is 122 Å². The lowest BCUT2D eigenvalue weighted by atomic mass is 10.1. The highest BCUT2D eigenvalue weighted by Gasteiger charge is 2.08. The van der Waals surface area contributed by atoms with Crippen LogP contribution in [0.15, 0.2) is 28.6 Å². The Hall–Kier alpha value is -2.08. The smallest absolute Gasteiger partial charge is 0.211 e. The number of hydrogen-bond donors (Lipinski definition) is 0. The summed E-state index contributed by atoms with van der Waals surface area (Å²) in [4.78, 5) is 10.6. The van der Waals surface area contributed by atoms with Crippen LogP contribution in [0, 0.1) is 0 Å². The monoisotopic (exact) mass is 291 g/mol. The minimum Gasteiger partial charge on any atom is -0.493 e. The maximum Gasteiger partial charge on any atom is 0.211 e. The van der Waals surface area contributed by atoms with Crippen molar-refractivity contribution >= 4 is 22.8 Å². The van der Waals surface area contributed by atoms with E-state index in [1.54, 1.807) is 20.6 Å². The summed E-state index contributed by atoms with van der Waals surface area (Å²) < 4.78 is 10.5. The molecule has 1 aromatic heterocycles. The lowest BCUT2D eigenvalue weighted by Gasteiger charge is -2.08. The molecule has 0 aliphatic rings. The molecule has 0 atom stereocenters. The molecule has 1 aromatic carbocycles. The van der Waals surface area contributed by atoms with Crippen molar-refractivity contribution in [3.05, 3.63) is 23.6 Å². The Morgan fingerprint density at radius 3 is 2.60 bits per heavy atom. The van der Waals surface area contributed by atoms with E-state index in [2.05, 4.69) is 9.98 Å². The number of benzene rings is 1. The van der Waals surface area contributed by atoms with Gasteiger partial charge in [0.15, 0.2) is 11.5 Å². The second-order valence-corrected chi connectivity index (χ2v) is 5.13. The van der Waals surface area contributed by atoms with Gasteiger partial charge in [0.25, 0.3) is 0 Å². The molecule has 0 saturated heterocycles. The van der Waals surface area contributed by atoms with Crippen molar-refractivity contribution in [3.8, 4) is 22.8 Å². The highest BCUT2D eigenvalue weighted by atomic mass is 32.1. The third-order valence-corrected chi connectivity index (χ3v) is 3.32. The fourth-order valence-electron chi connectivity index (χ4n) is 1.62. The molecule has 2 aromatic rings. The normalized spacial score (nSPS) is 10.8. The largest absolute Gasteiger partial charge is 0.493 e. The van der Waals surface area contributed by atoms with Crippen LogP contribution in [0.2, 0.25) is 0 Å². The first-order valence-corrected chi connectivity index (χ1v) is 6.90. The van der Waals surface area contributed by atoms with Gasteiger partial charge in [-0.3, -0.25) is 0 Å². The van der Waals surface area contributed by atoms with E-state index >= 15 is 0 Å². The summed E-state index contributed by atoms with van der Waals surface area (Å²) in [6.07, 6.45) is 1.73. The predicted molar refractivity (Wildman–Crippen MR) is 82.5 cm³/mol. The number of aromatic nitrogens is 1. The van der Waals surface area contributed by atoms with Crippen molar-refractivity contribution in [2.24, 2.45) is 4.99 Å². The lowest BCUT2D eigenvalue weighted by molar-refractivity contribution is 0.355. The topological polar surface area (TPSA) is 47.0 Å². The van der Waals surface area contributed by atoms with E-state index in [0.29, 0.717) is 11.5 Å². The van der Waals surface area contributed by atoms with Crippen LogP contribution in [0.5, 0.6) is 11.5 Å². The van der Waals surface area contributed by atoms with Crippen LogP contribution < -0.4 is 9.47 Å². The predicted octanol–water partition coefficient (Wildman–Crippen LogP) is 3.05. The van der Waals surface area contributed by atoms with Crippen molar-refractivity contribution in [1.29, 1.82) is 0 Å². The van der Waals surface area contributed by atoms with Gasteiger partial charge < -0.3 is 14.4 Å². The molecule has 0 aliphatic heterocycles. The van der Waals surface area contributed by atoms with Crippen LogP contribution >= 0.6 is 11.3 Å². The molecule has 1 heterocycles. The Morgan fingerprint density at radius 2 is 1.95 bits per heavy atom. The molecule has 5 nitrogen and oxygen atoms in total. The van der Waals surface area contributed by atoms with E-state index in [1.165, 1.54) is 11.3 Å². The number of thiazole rings is 1. The van der Waals surface area contributed by atoms with Crippen molar-refractivity contribution in [2.45, 2.75) is 0 Å². The third kappa shape index (κ3) is 3.27. The van der Waals surface area contributed by atoms with E-state index in [0.717, 1.165) is 16.4 Å². The van der Waals surface area contributed by atoms with Gasteiger partial charge in [0.2, 0.25) is 5.13 Å². The average Bonchev–Trinajstić information content (AvgIpc) is 2.93. The lowest BCUT2D eigenvalue weighted by Crippen LogP contribution is -2.06. The van der Waals surface area contributed by atoms with E-state index in [-0.39, 0.29) is 0 Å². The number of methoxy groups -OCH3 is 2. The van der Waals surface area contributed by atoms with Crippen LogP contribution in [-0.4, -0.2) is 44.5 Å². The highest BCUT2D eigenvalue weighted by molar-refractivity contribution is 7.13. The number of nitrogens with zero attached hydrogens (tertiary/aromatic N) is 3. The molecule has 2 rings (SSSR count). The van der Waals surface area contributed by atoms with Gasteiger partial charge >= 0.3 is 0 Å². The molecule has 0 unspecified atom stereocenters. The molecule has 0 radical (unpaired) electrons. The van der Waals surface area contributed by atoms with Crippen molar-refractivity contribution < 1.29 is 9.47 Å². The molecule has 0 aliphatic carbocycles. The molecule has 0 spiro atoms. The number of hydrogen-bond acceptors (Lipinski definition) is 5. The van der Waals surface area contributed by atoms with E-state index in [1.807, 2.05) is 42.6 Å². The Morgan fingerprint density at radius 1 is 1.20 bits per heavy atom. The maximum atomic E-state index is 5.30. The molecule has 0 N–H and O–H groups in total. The van der Waals surface area contributed by atoms with Gasteiger partial charge in [0.05, 0.1) is 26.3 Å². The van der Waals surface area contributed by atoms with Gasteiger partial charge in [-0.1, -0.05) is 0 Å². The minimum absolute atomic E-state index is 0.691. The van der Waals surface area contributed by atoms with Crippen LogP contribution in [0.25, 0.3) is 11.3 Å². The second-order valence-electron chi connectivity index (χ2n) is 4.29. The molecular weight excluding hydrogens is 274 g/mol. The van der Waals surface area contributed by atoms with Gasteiger partial charge in [-0.15, -0.1) is 11.3 Å². The van der Waals surface area contributed by atoms with Crippen LogP contribution in [0.4, 0.5) is 5.13 Å². The minimum atomic E-state index is 0.691. The zero-order valence-corrected chi connectivity index (χ0v) is 12.8. The summed E-state index contributed by atoms with van der Waals surface area (Å²) in [6, 6.07) is 5.74. The van der Waals surface area contributed by atoms with Gasteiger partial charge in [-0.25, -0.2) is 9.98 Å². The Kier molecular flexibility index (Phi) is 4.57. The molecule has 0 saturated carbocycles. The van der Waals surface area contributed by atoms with Crippen molar-refractivity contribution in [2.75, 3.05) is 28.3 Å². The summed E-state index contributed by atoms with van der Waals surface area (Å²) in [5.74, 6) is 1.40. The number of ether oxygens (including phenoxy) is 2. The second kappa shape index (κ2) is 6.38. The Bertz CT molecular complexity index is 608.